The number of aromatic nitrogens is 1. The number of halogens is 1. The number of methoxy groups -OCH3 is 1. The van der Waals surface area contributed by atoms with Crippen LogP contribution in [0.5, 0.6) is 5.75 Å². The minimum absolute atomic E-state index is 0. The van der Waals surface area contributed by atoms with Crippen molar-refractivity contribution in [3.05, 3.63) is 78.4 Å². The Morgan fingerprint density at radius 2 is 1.67 bits per heavy atom. The molecule has 0 saturated heterocycles. The number of fused-ring (bicyclic) bond motifs is 1. The highest BCUT2D eigenvalue weighted by atomic mass is 35.5. The Morgan fingerprint density at radius 3 is 2.28 bits per heavy atom. The lowest BCUT2D eigenvalue weighted by Crippen LogP contribution is -2.33. The van der Waals surface area contributed by atoms with E-state index in [-0.39, 0.29) is 29.8 Å². The average Bonchev–Trinajstić information content (AvgIpc) is 3.34. The van der Waals surface area contributed by atoms with Crippen molar-refractivity contribution in [1.29, 1.82) is 0 Å². The number of amides is 1. The van der Waals surface area contributed by atoms with E-state index < -0.39 is 10.0 Å². The second-order valence-electron chi connectivity index (χ2n) is 8.97. The summed E-state index contributed by atoms with van der Waals surface area (Å²) in [7, 11) is 1.80. The number of para-hydroxylation sites is 1. The fourth-order valence-electron chi connectivity index (χ4n) is 4.10. The number of carbonyl (C=O) groups excluding carboxylic acids is 1. The maximum Gasteiger partial charge on any atom is 0.264 e. The Morgan fingerprint density at radius 1 is 0.974 bits per heavy atom. The van der Waals surface area contributed by atoms with Crippen LogP contribution >= 0.6 is 23.7 Å². The van der Waals surface area contributed by atoms with Gasteiger partial charge in [0.2, 0.25) is 0 Å². The predicted molar refractivity (Wildman–Crippen MR) is 161 cm³/mol. The van der Waals surface area contributed by atoms with Gasteiger partial charge in [0.1, 0.15) is 5.75 Å². The molecule has 1 aromatic heterocycles. The molecular formula is C28H33ClN4O4S2. The molecule has 0 bridgehead atoms. The second-order valence-corrected chi connectivity index (χ2v) is 11.8. The maximum atomic E-state index is 13.7. The molecule has 4 aromatic rings. The van der Waals surface area contributed by atoms with Crippen molar-refractivity contribution in [3.63, 3.8) is 0 Å². The van der Waals surface area contributed by atoms with Crippen LogP contribution in [0.4, 0.5) is 10.8 Å². The molecule has 0 spiro atoms. The Bertz CT molecular complexity index is 1490. The number of anilines is 2. The summed E-state index contributed by atoms with van der Waals surface area (Å²) in [6, 6.07) is 20.8. The number of nitrogens with zero attached hydrogens (tertiary/aromatic N) is 4. The molecule has 0 aliphatic heterocycles. The fraction of sp³-hybridized carbons (Fsp3) is 0.286. The Labute approximate surface area is 240 Å². The highest BCUT2D eigenvalue weighted by Crippen LogP contribution is 2.32. The standard InChI is InChI=1S/C28H32N4O4S2.ClH/c1-5-32(22-10-7-6-8-11-22)38(34,35)24-15-12-21(13-16-24)27(33)31(19-9-18-30(2)3)28-29-25-20-23(36-4)14-17-26(25)37-28;/h6-8,10-17,20H,5,9,18-19H2,1-4H3;1H. The summed E-state index contributed by atoms with van der Waals surface area (Å²) in [6.07, 6.45) is 0.757. The van der Waals surface area contributed by atoms with E-state index in [1.165, 1.54) is 27.8 Å². The molecule has 11 heteroatoms. The van der Waals surface area contributed by atoms with Crippen molar-refractivity contribution in [2.24, 2.45) is 0 Å². The Kier molecular flexibility index (Phi) is 10.3. The molecule has 1 heterocycles. The summed E-state index contributed by atoms with van der Waals surface area (Å²) in [5.74, 6) is 0.474. The van der Waals surface area contributed by atoms with Gasteiger partial charge in [0, 0.05) is 24.7 Å². The number of ether oxygens (including phenoxy) is 1. The second kappa shape index (κ2) is 13.3. The zero-order valence-corrected chi connectivity index (χ0v) is 24.9. The van der Waals surface area contributed by atoms with Crippen LogP contribution in [-0.2, 0) is 10.0 Å². The highest BCUT2D eigenvalue weighted by molar-refractivity contribution is 7.92. The van der Waals surface area contributed by atoms with Crippen molar-refractivity contribution in [2.75, 3.05) is 50.0 Å². The fourth-order valence-corrected chi connectivity index (χ4v) is 6.55. The molecule has 0 unspecified atom stereocenters. The zero-order valence-electron chi connectivity index (χ0n) is 22.4. The lowest BCUT2D eigenvalue weighted by atomic mass is 10.2. The minimum Gasteiger partial charge on any atom is -0.497 e. The third-order valence-corrected chi connectivity index (χ3v) is 9.04. The Balaban J connectivity index is 0.00000420. The van der Waals surface area contributed by atoms with Gasteiger partial charge in [0.05, 0.1) is 27.9 Å². The normalized spacial score (nSPS) is 11.3. The van der Waals surface area contributed by atoms with Gasteiger partial charge in [-0.1, -0.05) is 29.5 Å². The van der Waals surface area contributed by atoms with Gasteiger partial charge in [-0.3, -0.25) is 14.0 Å². The van der Waals surface area contributed by atoms with Crippen LogP contribution in [0.2, 0.25) is 0 Å². The molecule has 39 heavy (non-hydrogen) atoms. The van der Waals surface area contributed by atoms with Gasteiger partial charge in [0.25, 0.3) is 15.9 Å². The molecule has 1 amide bonds. The summed E-state index contributed by atoms with van der Waals surface area (Å²) in [5.41, 5.74) is 1.75. The lowest BCUT2D eigenvalue weighted by Gasteiger charge is -2.23. The number of hydrogen-bond acceptors (Lipinski definition) is 7. The van der Waals surface area contributed by atoms with Crippen LogP contribution in [0.1, 0.15) is 23.7 Å². The summed E-state index contributed by atoms with van der Waals surface area (Å²) in [4.78, 5) is 22.3. The third kappa shape index (κ3) is 6.88. The lowest BCUT2D eigenvalue weighted by molar-refractivity contribution is 0.0986. The van der Waals surface area contributed by atoms with Crippen LogP contribution in [0.15, 0.2) is 77.7 Å². The largest absolute Gasteiger partial charge is 0.497 e. The van der Waals surface area contributed by atoms with Gasteiger partial charge in [-0.25, -0.2) is 13.4 Å². The van der Waals surface area contributed by atoms with E-state index >= 15 is 0 Å². The topological polar surface area (TPSA) is 83.1 Å². The quantitative estimate of drug-likeness (QED) is 0.229. The first-order valence-electron chi connectivity index (χ1n) is 12.3. The molecule has 0 aliphatic carbocycles. The number of sulfonamides is 1. The first-order valence-corrected chi connectivity index (χ1v) is 14.6. The molecule has 4 rings (SSSR count). The van der Waals surface area contributed by atoms with Crippen LogP contribution in [0.25, 0.3) is 10.2 Å². The molecular weight excluding hydrogens is 556 g/mol. The number of hydrogen-bond donors (Lipinski definition) is 0. The summed E-state index contributed by atoms with van der Waals surface area (Å²) >= 11 is 1.44. The van der Waals surface area contributed by atoms with Crippen molar-refractivity contribution in [1.82, 2.24) is 9.88 Å². The molecule has 8 nitrogen and oxygen atoms in total. The van der Waals surface area contributed by atoms with Crippen molar-refractivity contribution < 1.29 is 17.9 Å². The van der Waals surface area contributed by atoms with Crippen LogP contribution < -0.4 is 13.9 Å². The zero-order chi connectivity index (χ0) is 27.3. The van der Waals surface area contributed by atoms with Crippen LogP contribution in [0, 0.1) is 0 Å². The molecule has 0 radical (unpaired) electrons. The SMILES string of the molecule is CCN(c1ccccc1)S(=O)(=O)c1ccc(C(=O)N(CCCN(C)C)c2nc3cc(OC)ccc3s2)cc1.Cl. The van der Waals surface area contributed by atoms with E-state index in [2.05, 4.69) is 4.90 Å². The van der Waals surface area contributed by atoms with Gasteiger partial charge in [-0.2, -0.15) is 0 Å². The molecule has 0 saturated carbocycles. The average molecular weight is 589 g/mol. The number of thiazole rings is 1. The van der Waals surface area contributed by atoms with E-state index in [0.29, 0.717) is 28.7 Å². The van der Waals surface area contributed by atoms with E-state index in [1.807, 2.05) is 38.4 Å². The monoisotopic (exact) mass is 588 g/mol. The number of rotatable bonds is 11. The van der Waals surface area contributed by atoms with Crippen molar-refractivity contribution in [3.8, 4) is 5.75 Å². The van der Waals surface area contributed by atoms with E-state index in [0.717, 1.165) is 23.2 Å². The highest BCUT2D eigenvalue weighted by Gasteiger charge is 2.25. The van der Waals surface area contributed by atoms with Gasteiger partial charge in [-0.05, 0) is 82.5 Å². The summed E-state index contributed by atoms with van der Waals surface area (Å²) in [5, 5.41) is 0.593. The predicted octanol–water partition coefficient (Wildman–Crippen LogP) is 5.54. The minimum atomic E-state index is -3.79. The molecule has 0 aliphatic rings. The smallest absolute Gasteiger partial charge is 0.264 e. The first-order chi connectivity index (χ1) is 18.2. The van der Waals surface area contributed by atoms with Crippen molar-refractivity contribution in [2.45, 2.75) is 18.2 Å². The molecule has 0 atom stereocenters. The third-order valence-electron chi connectivity index (χ3n) is 6.07. The summed E-state index contributed by atoms with van der Waals surface area (Å²) in [6.45, 7) is 3.37. The van der Waals surface area contributed by atoms with Crippen LogP contribution in [-0.4, -0.2) is 65.0 Å². The van der Waals surface area contributed by atoms with Gasteiger partial charge >= 0.3 is 0 Å². The first kappa shape index (κ1) is 30.4. The molecule has 0 N–H and O–H groups in total. The van der Waals surface area contributed by atoms with Gasteiger partial charge in [-0.15, -0.1) is 12.4 Å². The molecule has 0 fully saturated rings. The van der Waals surface area contributed by atoms with Gasteiger partial charge in [0.15, 0.2) is 5.13 Å². The number of carbonyl (C=O) groups is 1. The van der Waals surface area contributed by atoms with E-state index in [4.69, 9.17) is 9.72 Å². The molecule has 208 valence electrons. The number of benzene rings is 3. The van der Waals surface area contributed by atoms with E-state index in [9.17, 15) is 13.2 Å². The van der Waals surface area contributed by atoms with Crippen molar-refractivity contribution >= 4 is 60.7 Å². The van der Waals surface area contributed by atoms with Crippen LogP contribution in [0.3, 0.4) is 0 Å². The maximum absolute atomic E-state index is 13.7. The van der Waals surface area contributed by atoms with Gasteiger partial charge < -0.3 is 9.64 Å². The van der Waals surface area contributed by atoms with E-state index in [1.54, 1.807) is 55.3 Å². The summed E-state index contributed by atoms with van der Waals surface area (Å²) < 4.78 is 34.4. The Hall–Kier alpha value is -3.18. The molecule has 3 aromatic carbocycles.